The number of rotatable bonds is 5. The second-order valence-corrected chi connectivity index (χ2v) is 5.81. The highest BCUT2D eigenvalue weighted by Crippen LogP contribution is 2.30. The van der Waals surface area contributed by atoms with Crippen molar-refractivity contribution in [3.05, 3.63) is 70.9 Å². The number of nitrogens with zero attached hydrogens (tertiary/aromatic N) is 1. The molecule has 0 spiro atoms. The third-order valence-corrected chi connectivity index (χ3v) is 3.92. The van der Waals surface area contributed by atoms with Gasteiger partial charge in [-0.25, -0.2) is 0 Å². The van der Waals surface area contributed by atoms with Crippen LogP contribution in [0.5, 0.6) is 0 Å². The van der Waals surface area contributed by atoms with Crippen LogP contribution in [0, 0.1) is 18.3 Å². The van der Waals surface area contributed by atoms with E-state index in [0.29, 0.717) is 12.1 Å². The van der Waals surface area contributed by atoms with E-state index in [-0.39, 0.29) is 11.3 Å². The fourth-order valence-corrected chi connectivity index (χ4v) is 2.47. The molecule has 7 heteroatoms. The number of hydrogen-bond donors (Lipinski definition) is 2. The van der Waals surface area contributed by atoms with Crippen LogP contribution in [0.15, 0.2) is 54.2 Å². The lowest BCUT2D eigenvalue weighted by molar-refractivity contribution is -0.137. The van der Waals surface area contributed by atoms with E-state index in [0.717, 1.165) is 29.5 Å². The van der Waals surface area contributed by atoms with Crippen LogP contribution < -0.4 is 10.6 Å². The van der Waals surface area contributed by atoms with Crippen LogP contribution in [0.3, 0.4) is 0 Å². The summed E-state index contributed by atoms with van der Waals surface area (Å²) in [5, 5.41) is 14.5. The van der Waals surface area contributed by atoms with Gasteiger partial charge in [-0.15, -0.1) is 0 Å². The van der Waals surface area contributed by atoms with Crippen molar-refractivity contribution in [2.45, 2.75) is 26.4 Å². The van der Waals surface area contributed by atoms with Gasteiger partial charge in [-0.05, 0) is 42.7 Å². The molecule has 140 valence electrons. The summed E-state index contributed by atoms with van der Waals surface area (Å²) in [4.78, 5) is 12.4. The normalized spacial score (nSPS) is 11.6. The van der Waals surface area contributed by atoms with Gasteiger partial charge in [0.05, 0.1) is 5.56 Å². The topological polar surface area (TPSA) is 64.9 Å². The lowest BCUT2D eigenvalue weighted by Gasteiger charge is -2.13. The summed E-state index contributed by atoms with van der Waals surface area (Å²) >= 11 is 0. The van der Waals surface area contributed by atoms with Gasteiger partial charge in [-0.3, -0.25) is 4.79 Å². The molecule has 0 heterocycles. The Bertz CT molecular complexity index is 911. The van der Waals surface area contributed by atoms with Crippen LogP contribution in [0.25, 0.3) is 0 Å². The van der Waals surface area contributed by atoms with Crippen molar-refractivity contribution >= 4 is 17.3 Å². The van der Waals surface area contributed by atoms with Crippen molar-refractivity contribution in [1.29, 1.82) is 5.26 Å². The molecule has 0 aromatic heterocycles. The van der Waals surface area contributed by atoms with Crippen LogP contribution in [0.2, 0.25) is 0 Å². The van der Waals surface area contributed by atoms with Crippen LogP contribution in [-0.2, 0) is 17.4 Å². The van der Waals surface area contributed by atoms with Crippen molar-refractivity contribution in [1.82, 2.24) is 0 Å². The number of aryl methyl sites for hydroxylation is 2. The third kappa shape index (κ3) is 5.11. The average Bonchev–Trinajstić information content (AvgIpc) is 2.63. The van der Waals surface area contributed by atoms with E-state index >= 15 is 0 Å². The molecule has 0 fully saturated rings. The minimum Gasteiger partial charge on any atom is -0.360 e. The van der Waals surface area contributed by atoms with Crippen LogP contribution in [0.4, 0.5) is 24.5 Å². The molecular weight excluding hydrogens is 355 g/mol. The number of carbonyl (C=O) groups is 1. The number of benzene rings is 2. The minimum atomic E-state index is -4.47. The molecule has 0 unspecified atom stereocenters. The van der Waals surface area contributed by atoms with Crippen molar-refractivity contribution < 1.29 is 18.0 Å². The lowest BCUT2D eigenvalue weighted by atomic mass is 10.1. The number of nitrogens with one attached hydrogen (secondary N) is 2. The minimum absolute atomic E-state index is 0.121. The van der Waals surface area contributed by atoms with E-state index in [1.54, 1.807) is 6.07 Å². The summed E-state index contributed by atoms with van der Waals surface area (Å²) in [6.45, 7) is 3.78. The molecule has 0 aliphatic carbocycles. The van der Waals surface area contributed by atoms with Crippen molar-refractivity contribution in [2.75, 3.05) is 10.6 Å². The van der Waals surface area contributed by atoms with Crippen molar-refractivity contribution in [2.24, 2.45) is 0 Å². The Balaban J connectivity index is 2.20. The standard InChI is InChI=1S/C20H18F3N3O/c1-3-14-7-4-6-13(2)18(14)26-19(27)15(11-24)12-25-17-9-5-8-16(10-17)20(21,22)23/h4-10,12,25H,3H2,1-2H3,(H,26,27)/b15-12-. The molecule has 27 heavy (non-hydrogen) atoms. The van der Waals surface area contributed by atoms with E-state index < -0.39 is 17.6 Å². The maximum absolute atomic E-state index is 12.8. The SMILES string of the molecule is CCc1cccc(C)c1NC(=O)/C(C#N)=C\Nc1cccc(C(F)(F)F)c1. The first-order valence-corrected chi connectivity index (χ1v) is 8.20. The van der Waals surface area contributed by atoms with Gasteiger partial charge in [0.25, 0.3) is 5.91 Å². The highest BCUT2D eigenvalue weighted by Gasteiger charge is 2.30. The lowest BCUT2D eigenvalue weighted by Crippen LogP contribution is -2.16. The maximum Gasteiger partial charge on any atom is 0.416 e. The van der Waals surface area contributed by atoms with E-state index in [1.807, 2.05) is 32.0 Å². The molecule has 4 nitrogen and oxygen atoms in total. The third-order valence-electron chi connectivity index (χ3n) is 3.92. The van der Waals surface area contributed by atoms with Gasteiger partial charge in [-0.1, -0.05) is 31.2 Å². The first kappa shape index (κ1) is 20.0. The zero-order valence-corrected chi connectivity index (χ0v) is 14.8. The summed E-state index contributed by atoms with van der Waals surface area (Å²) in [6, 6.07) is 11.8. The molecule has 0 bridgehead atoms. The van der Waals surface area contributed by atoms with Crippen molar-refractivity contribution in [3.63, 3.8) is 0 Å². The quantitative estimate of drug-likeness (QED) is 0.570. The summed E-state index contributed by atoms with van der Waals surface area (Å²) < 4.78 is 38.3. The first-order chi connectivity index (χ1) is 12.8. The molecule has 2 rings (SSSR count). The summed E-state index contributed by atoms with van der Waals surface area (Å²) in [7, 11) is 0. The largest absolute Gasteiger partial charge is 0.416 e. The molecule has 0 atom stereocenters. The van der Waals surface area contributed by atoms with Gasteiger partial charge in [0.2, 0.25) is 0 Å². The number of hydrogen-bond acceptors (Lipinski definition) is 3. The Hall–Kier alpha value is -3.27. The molecule has 0 saturated heterocycles. The number of para-hydroxylation sites is 1. The molecule has 1 amide bonds. The molecule has 0 aliphatic rings. The van der Waals surface area contributed by atoms with E-state index in [9.17, 15) is 23.2 Å². The Morgan fingerprint density at radius 2 is 1.93 bits per heavy atom. The molecule has 2 aromatic rings. The molecular formula is C20H18F3N3O. The van der Waals surface area contributed by atoms with Gasteiger partial charge in [-0.2, -0.15) is 18.4 Å². The van der Waals surface area contributed by atoms with E-state index in [2.05, 4.69) is 10.6 Å². The highest BCUT2D eigenvalue weighted by atomic mass is 19.4. The van der Waals surface area contributed by atoms with Gasteiger partial charge in [0.1, 0.15) is 11.6 Å². The van der Waals surface area contributed by atoms with Gasteiger partial charge < -0.3 is 10.6 Å². The Kier molecular flexibility index (Phi) is 6.24. The van der Waals surface area contributed by atoms with Gasteiger partial charge in [0, 0.05) is 17.6 Å². The van der Waals surface area contributed by atoms with E-state index in [1.165, 1.54) is 12.1 Å². The van der Waals surface area contributed by atoms with Crippen LogP contribution >= 0.6 is 0 Å². The average molecular weight is 373 g/mol. The fourth-order valence-electron chi connectivity index (χ4n) is 2.47. The Morgan fingerprint density at radius 3 is 2.56 bits per heavy atom. The number of nitriles is 1. The number of amides is 1. The van der Waals surface area contributed by atoms with E-state index in [4.69, 9.17) is 0 Å². The number of carbonyl (C=O) groups excluding carboxylic acids is 1. The first-order valence-electron chi connectivity index (χ1n) is 8.20. The summed E-state index contributed by atoms with van der Waals surface area (Å²) in [6.07, 6.45) is -2.68. The smallest absolute Gasteiger partial charge is 0.360 e. The molecule has 2 N–H and O–H groups in total. The Labute approximate surface area is 155 Å². The number of alkyl halides is 3. The molecule has 0 saturated carbocycles. The monoisotopic (exact) mass is 373 g/mol. The Morgan fingerprint density at radius 1 is 1.22 bits per heavy atom. The maximum atomic E-state index is 12.8. The summed E-state index contributed by atoms with van der Waals surface area (Å²) in [5.74, 6) is -0.638. The van der Waals surface area contributed by atoms with Gasteiger partial charge in [0.15, 0.2) is 0 Å². The van der Waals surface area contributed by atoms with Gasteiger partial charge >= 0.3 is 6.18 Å². The van der Waals surface area contributed by atoms with Crippen molar-refractivity contribution in [3.8, 4) is 6.07 Å². The molecule has 0 aliphatic heterocycles. The zero-order chi connectivity index (χ0) is 20.0. The second kappa shape index (κ2) is 8.41. The highest BCUT2D eigenvalue weighted by molar-refractivity contribution is 6.07. The molecule has 2 aromatic carbocycles. The second-order valence-electron chi connectivity index (χ2n) is 5.81. The van der Waals surface area contributed by atoms with Crippen LogP contribution in [0.1, 0.15) is 23.6 Å². The zero-order valence-electron chi connectivity index (χ0n) is 14.8. The predicted octanol–water partition coefficient (Wildman–Crippen LogP) is 5.03. The molecule has 0 radical (unpaired) electrons. The number of halogens is 3. The predicted molar refractivity (Wildman–Crippen MR) is 97.9 cm³/mol. The fraction of sp³-hybridized carbons (Fsp3) is 0.200. The van der Waals surface area contributed by atoms with Crippen LogP contribution in [-0.4, -0.2) is 5.91 Å². The number of anilines is 2. The summed E-state index contributed by atoms with van der Waals surface area (Å²) in [5.41, 5.74) is 1.45.